The second-order valence-electron chi connectivity index (χ2n) is 5.75. The fourth-order valence-corrected chi connectivity index (χ4v) is 2.72. The molecule has 0 amide bonds. The number of benzene rings is 3. The topological polar surface area (TPSA) is 20.2 Å². The van der Waals surface area contributed by atoms with E-state index in [0.29, 0.717) is 0 Å². The standard InChI is InChI=1S/C21H20O/c1-15-8-9-16(2)20(14-15)21(22)19-12-10-18(11-13-19)17-6-4-3-5-7-17/h3-14,21-22H,1-2H3/t21-/m1/s1. The molecule has 0 aliphatic heterocycles. The van der Waals surface area contributed by atoms with Crippen molar-refractivity contribution in [1.82, 2.24) is 0 Å². The zero-order chi connectivity index (χ0) is 15.5. The lowest BCUT2D eigenvalue weighted by Gasteiger charge is -2.15. The fourth-order valence-electron chi connectivity index (χ4n) is 2.72. The summed E-state index contributed by atoms with van der Waals surface area (Å²) in [6.45, 7) is 4.09. The minimum absolute atomic E-state index is 0.579. The van der Waals surface area contributed by atoms with Crippen LogP contribution in [0.25, 0.3) is 11.1 Å². The van der Waals surface area contributed by atoms with E-state index in [1.807, 2.05) is 44.2 Å². The van der Waals surface area contributed by atoms with Crippen molar-refractivity contribution >= 4 is 0 Å². The molecule has 0 unspecified atom stereocenters. The van der Waals surface area contributed by atoms with Crippen molar-refractivity contribution in [3.8, 4) is 11.1 Å². The molecule has 1 N–H and O–H groups in total. The summed E-state index contributed by atoms with van der Waals surface area (Å²) < 4.78 is 0. The van der Waals surface area contributed by atoms with Crippen molar-refractivity contribution in [2.45, 2.75) is 20.0 Å². The van der Waals surface area contributed by atoms with Gasteiger partial charge < -0.3 is 5.11 Å². The predicted octanol–water partition coefficient (Wildman–Crippen LogP) is 5.05. The summed E-state index contributed by atoms with van der Waals surface area (Å²) in [5.41, 5.74) is 6.54. The van der Waals surface area contributed by atoms with Gasteiger partial charge in [-0.2, -0.15) is 0 Å². The van der Waals surface area contributed by atoms with Gasteiger partial charge in [-0.25, -0.2) is 0 Å². The minimum atomic E-state index is -0.579. The molecule has 0 saturated heterocycles. The molecule has 0 fully saturated rings. The molecule has 1 atom stereocenters. The van der Waals surface area contributed by atoms with Gasteiger partial charge in [0.25, 0.3) is 0 Å². The van der Waals surface area contributed by atoms with E-state index in [1.165, 1.54) is 11.1 Å². The normalized spacial score (nSPS) is 12.1. The molecule has 3 aromatic carbocycles. The van der Waals surface area contributed by atoms with Gasteiger partial charge in [0, 0.05) is 0 Å². The van der Waals surface area contributed by atoms with E-state index in [1.54, 1.807) is 0 Å². The van der Waals surface area contributed by atoms with Gasteiger partial charge in [-0.15, -0.1) is 0 Å². The Morgan fingerprint density at radius 2 is 1.36 bits per heavy atom. The number of hydrogen-bond acceptors (Lipinski definition) is 1. The van der Waals surface area contributed by atoms with Gasteiger partial charge in [0.2, 0.25) is 0 Å². The molecule has 0 aliphatic rings. The van der Waals surface area contributed by atoms with Crippen molar-refractivity contribution in [3.05, 3.63) is 95.1 Å². The average molecular weight is 288 g/mol. The largest absolute Gasteiger partial charge is 0.384 e. The quantitative estimate of drug-likeness (QED) is 0.715. The Labute approximate surface area is 131 Å². The van der Waals surface area contributed by atoms with E-state index in [9.17, 15) is 5.11 Å². The SMILES string of the molecule is Cc1ccc(C)c([C@H](O)c2ccc(-c3ccccc3)cc2)c1. The van der Waals surface area contributed by atoms with Crippen LogP contribution in [0.15, 0.2) is 72.8 Å². The number of hydrogen-bond donors (Lipinski definition) is 1. The molecule has 22 heavy (non-hydrogen) atoms. The monoisotopic (exact) mass is 288 g/mol. The van der Waals surface area contributed by atoms with E-state index >= 15 is 0 Å². The smallest absolute Gasteiger partial charge is 0.104 e. The molecule has 0 bridgehead atoms. The van der Waals surface area contributed by atoms with Crippen LogP contribution in [-0.4, -0.2) is 5.11 Å². The Morgan fingerprint density at radius 1 is 0.727 bits per heavy atom. The molecular weight excluding hydrogens is 268 g/mol. The first kappa shape index (κ1) is 14.6. The van der Waals surface area contributed by atoms with Crippen molar-refractivity contribution < 1.29 is 5.11 Å². The summed E-state index contributed by atoms with van der Waals surface area (Å²) in [4.78, 5) is 0. The highest BCUT2D eigenvalue weighted by molar-refractivity contribution is 5.63. The van der Waals surface area contributed by atoms with E-state index in [4.69, 9.17) is 0 Å². The van der Waals surface area contributed by atoms with E-state index < -0.39 is 6.10 Å². The Morgan fingerprint density at radius 3 is 2.05 bits per heavy atom. The lowest BCUT2D eigenvalue weighted by atomic mass is 9.94. The van der Waals surface area contributed by atoms with Gasteiger partial charge in [0.05, 0.1) is 0 Å². The summed E-state index contributed by atoms with van der Waals surface area (Å²) in [6, 6.07) is 24.6. The van der Waals surface area contributed by atoms with Crippen LogP contribution >= 0.6 is 0 Å². The molecule has 0 heterocycles. The average Bonchev–Trinajstić information content (AvgIpc) is 2.57. The molecule has 0 saturated carbocycles. The van der Waals surface area contributed by atoms with Crippen LogP contribution < -0.4 is 0 Å². The van der Waals surface area contributed by atoms with Crippen LogP contribution in [-0.2, 0) is 0 Å². The van der Waals surface area contributed by atoms with Crippen molar-refractivity contribution in [1.29, 1.82) is 0 Å². The second kappa shape index (κ2) is 6.17. The van der Waals surface area contributed by atoms with Crippen molar-refractivity contribution in [3.63, 3.8) is 0 Å². The summed E-state index contributed by atoms with van der Waals surface area (Å²) in [6.07, 6.45) is -0.579. The van der Waals surface area contributed by atoms with Crippen LogP contribution in [0.4, 0.5) is 0 Å². The van der Waals surface area contributed by atoms with Crippen LogP contribution in [0.3, 0.4) is 0 Å². The first-order valence-corrected chi connectivity index (χ1v) is 7.56. The van der Waals surface area contributed by atoms with Gasteiger partial charge in [0.15, 0.2) is 0 Å². The van der Waals surface area contributed by atoms with E-state index in [-0.39, 0.29) is 0 Å². The second-order valence-corrected chi connectivity index (χ2v) is 5.75. The van der Waals surface area contributed by atoms with Crippen LogP contribution in [0, 0.1) is 13.8 Å². The first-order chi connectivity index (χ1) is 10.6. The van der Waals surface area contributed by atoms with Crippen LogP contribution in [0.1, 0.15) is 28.4 Å². The zero-order valence-electron chi connectivity index (χ0n) is 13.0. The number of aryl methyl sites for hydroxylation is 2. The zero-order valence-corrected chi connectivity index (χ0v) is 13.0. The number of aliphatic hydroxyl groups excluding tert-OH is 1. The maximum Gasteiger partial charge on any atom is 0.104 e. The van der Waals surface area contributed by atoms with Crippen LogP contribution in [0.5, 0.6) is 0 Å². The Kier molecular flexibility index (Phi) is 4.08. The van der Waals surface area contributed by atoms with Crippen molar-refractivity contribution in [2.75, 3.05) is 0 Å². The summed E-state index contributed by atoms with van der Waals surface area (Å²) in [5.74, 6) is 0. The summed E-state index contributed by atoms with van der Waals surface area (Å²) in [5, 5.41) is 10.7. The third-order valence-electron chi connectivity index (χ3n) is 4.06. The Balaban J connectivity index is 1.91. The molecule has 0 aromatic heterocycles. The molecule has 110 valence electrons. The molecule has 1 nitrogen and oxygen atoms in total. The third kappa shape index (κ3) is 2.95. The van der Waals surface area contributed by atoms with Gasteiger partial charge in [-0.05, 0) is 41.7 Å². The molecule has 0 spiro atoms. The lowest BCUT2D eigenvalue weighted by Crippen LogP contribution is -2.02. The lowest BCUT2D eigenvalue weighted by molar-refractivity contribution is 0.219. The van der Waals surface area contributed by atoms with Gasteiger partial charge in [-0.1, -0.05) is 78.4 Å². The van der Waals surface area contributed by atoms with E-state index in [2.05, 4.69) is 42.5 Å². The number of aliphatic hydroxyl groups is 1. The highest BCUT2D eigenvalue weighted by Crippen LogP contribution is 2.28. The summed E-state index contributed by atoms with van der Waals surface area (Å²) >= 11 is 0. The van der Waals surface area contributed by atoms with E-state index in [0.717, 1.165) is 22.3 Å². The Bertz CT molecular complexity index is 758. The molecule has 0 radical (unpaired) electrons. The first-order valence-electron chi connectivity index (χ1n) is 7.56. The van der Waals surface area contributed by atoms with Crippen LogP contribution in [0.2, 0.25) is 0 Å². The maximum atomic E-state index is 10.7. The van der Waals surface area contributed by atoms with Gasteiger partial charge in [0.1, 0.15) is 6.10 Å². The predicted molar refractivity (Wildman–Crippen MR) is 91.9 cm³/mol. The third-order valence-corrected chi connectivity index (χ3v) is 4.06. The molecule has 3 aromatic rings. The highest BCUT2D eigenvalue weighted by atomic mass is 16.3. The summed E-state index contributed by atoms with van der Waals surface area (Å²) in [7, 11) is 0. The van der Waals surface area contributed by atoms with Gasteiger partial charge >= 0.3 is 0 Å². The minimum Gasteiger partial charge on any atom is -0.384 e. The Hall–Kier alpha value is -2.38. The molecular formula is C21H20O. The highest BCUT2D eigenvalue weighted by Gasteiger charge is 2.13. The van der Waals surface area contributed by atoms with Crippen molar-refractivity contribution in [2.24, 2.45) is 0 Å². The number of rotatable bonds is 3. The maximum absolute atomic E-state index is 10.7. The van der Waals surface area contributed by atoms with Gasteiger partial charge in [-0.3, -0.25) is 0 Å². The molecule has 1 heteroatoms. The molecule has 0 aliphatic carbocycles. The molecule has 3 rings (SSSR count). The fraction of sp³-hybridized carbons (Fsp3) is 0.143.